The average Bonchev–Trinajstić information content (AvgIpc) is 2.47. The van der Waals surface area contributed by atoms with Gasteiger partial charge in [-0.2, -0.15) is 11.8 Å². The van der Waals surface area contributed by atoms with Crippen LogP contribution in [-0.2, 0) is 0 Å². The lowest BCUT2D eigenvalue weighted by atomic mass is 9.94. The summed E-state index contributed by atoms with van der Waals surface area (Å²) in [6.45, 7) is 1.97. The number of thioether (sulfide) groups is 1. The Morgan fingerprint density at radius 2 is 2.10 bits per heavy atom. The number of carbonyl (C=O) groups excluding carboxylic acids is 1. The minimum atomic E-state index is -0.0346. The summed E-state index contributed by atoms with van der Waals surface area (Å²) in [4.78, 5) is 12.5. The van der Waals surface area contributed by atoms with Gasteiger partial charge in [0.1, 0.15) is 0 Å². The highest BCUT2D eigenvalue weighted by molar-refractivity contribution is 7.99. The van der Waals surface area contributed by atoms with E-state index in [0.29, 0.717) is 16.5 Å². The summed E-state index contributed by atoms with van der Waals surface area (Å²) in [5.41, 5.74) is 4.95. The number of nitrogen functional groups attached to an aromatic ring is 1. The molecule has 1 aliphatic carbocycles. The minimum absolute atomic E-state index is 0.0346. The molecule has 1 saturated carbocycles. The smallest absolute Gasteiger partial charge is 0.253 e. The standard InChI is InChI=1S/C15H23N3OS/c1-10-7-8-12(18-16)11(9-10)15(19)17-13-5-3-4-6-14(13)20-2/h7-9,13-14,18H,3-6,16H2,1-2H3,(H,17,19). The number of nitrogens with one attached hydrogen (secondary N) is 2. The number of hydrogen-bond acceptors (Lipinski definition) is 4. The van der Waals surface area contributed by atoms with Crippen LogP contribution in [0.25, 0.3) is 0 Å². The van der Waals surface area contributed by atoms with Gasteiger partial charge in [0, 0.05) is 11.3 Å². The Morgan fingerprint density at radius 3 is 2.80 bits per heavy atom. The van der Waals surface area contributed by atoms with Crippen LogP contribution in [0.5, 0.6) is 0 Å². The third-order valence-corrected chi connectivity index (χ3v) is 5.07. The van der Waals surface area contributed by atoms with Gasteiger partial charge in [-0.25, -0.2) is 0 Å². The second kappa shape index (κ2) is 6.99. The predicted octanol–water partition coefficient (Wildman–Crippen LogP) is 2.68. The normalized spacial score (nSPS) is 22.4. The lowest BCUT2D eigenvalue weighted by Gasteiger charge is -2.31. The van der Waals surface area contributed by atoms with E-state index >= 15 is 0 Å². The van der Waals surface area contributed by atoms with Gasteiger partial charge in [-0.1, -0.05) is 24.5 Å². The summed E-state index contributed by atoms with van der Waals surface area (Å²) in [5.74, 6) is 5.46. The SMILES string of the molecule is CSC1CCCCC1NC(=O)c1cc(C)ccc1NN. The van der Waals surface area contributed by atoms with E-state index in [-0.39, 0.29) is 11.9 Å². The van der Waals surface area contributed by atoms with Crippen molar-refractivity contribution in [2.24, 2.45) is 5.84 Å². The Labute approximate surface area is 124 Å². The molecule has 0 aromatic heterocycles. The molecule has 4 N–H and O–H groups in total. The topological polar surface area (TPSA) is 67.2 Å². The summed E-state index contributed by atoms with van der Waals surface area (Å²) < 4.78 is 0. The number of aryl methyl sites for hydroxylation is 1. The van der Waals surface area contributed by atoms with Gasteiger partial charge in [-0.05, 0) is 38.2 Å². The molecular formula is C15H23N3OS. The quantitative estimate of drug-likeness (QED) is 0.590. The van der Waals surface area contributed by atoms with E-state index in [1.54, 1.807) is 0 Å². The van der Waals surface area contributed by atoms with Crippen LogP contribution in [0.15, 0.2) is 18.2 Å². The number of hydrogen-bond donors (Lipinski definition) is 3. The number of benzene rings is 1. The molecule has 1 aliphatic rings. The number of nitrogens with two attached hydrogens (primary N) is 1. The maximum atomic E-state index is 12.5. The summed E-state index contributed by atoms with van der Waals surface area (Å²) in [5, 5.41) is 3.70. The van der Waals surface area contributed by atoms with E-state index in [2.05, 4.69) is 17.0 Å². The monoisotopic (exact) mass is 293 g/mol. The Bertz CT molecular complexity index is 478. The maximum absolute atomic E-state index is 12.5. The molecule has 20 heavy (non-hydrogen) atoms. The van der Waals surface area contributed by atoms with Crippen molar-refractivity contribution in [3.8, 4) is 0 Å². The fourth-order valence-electron chi connectivity index (χ4n) is 2.76. The Hall–Kier alpha value is -1.20. The molecule has 5 heteroatoms. The van der Waals surface area contributed by atoms with Crippen molar-refractivity contribution < 1.29 is 4.79 Å². The number of carbonyl (C=O) groups is 1. The first-order valence-corrected chi connectivity index (χ1v) is 8.35. The molecule has 2 unspecified atom stereocenters. The van der Waals surface area contributed by atoms with Crippen molar-refractivity contribution >= 4 is 23.4 Å². The van der Waals surface area contributed by atoms with Crippen LogP contribution in [0.4, 0.5) is 5.69 Å². The van der Waals surface area contributed by atoms with Gasteiger partial charge in [0.25, 0.3) is 5.91 Å². The van der Waals surface area contributed by atoms with Crippen molar-refractivity contribution in [1.82, 2.24) is 5.32 Å². The first kappa shape index (κ1) is 15.2. The van der Waals surface area contributed by atoms with Crippen LogP contribution in [0.1, 0.15) is 41.6 Å². The molecule has 0 heterocycles. The van der Waals surface area contributed by atoms with Gasteiger partial charge in [0.2, 0.25) is 0 Å². The van der Waals surface area contributed by atoms with Gasteiger partial charge in [-0.15, -0.1) is 0 Å². The second-order valence-corrected chi connectivity index (χ2v) is 6.41. The molecule has 1 amide bonds. The highest BCUT2D eigenvalue weighted by atomic mass is 32.2. The highest BCUT2D eigenvalue weighted by Gasteiger charge is 2.26. The zero-order valence-electron chi connectivity index (χ0n) is 12.1. The molecule has 2 rings (SSSR count). The first-order chi connectivity index (χ1) is 9.65. The molecule has 0 bridgehead atoms. The number of amides is 1. The molecule has 110 valence electrons. The van der Waals surface area contributed by atoms with Crippen LogP contribution in [0.3, 0.4) is 0 Å². The zero-order valence-corrected chi connectivity index (χ0v) is 12.9. The largest absolute Gasteiger partial charge is 0.348 e. The van der Waals surface area contributed by atoms with Crippen molar-refractivity contribution in [3.05, 3.63) is 29.3 Å². The van der Waals surface area contributed by atoms with E-state index < -0.39 is 0 Å². The third-order valence-electron chi connectivity index (χ3n) is 3.90. The van der Waals surface area contributed by atoms with Gasteiger partial charge < -0.3 is 10.7 Å². The van der Waals surface area contributed by atoms with Crippen LogP contribution in [-0.4, -0.2) is 23.5 Å². The Kier molecular flexibility index (Phi) is 5.31. The van der Waals surface area contributed by atoms with Crippen LogP contribution in [0.2, 0.25) is 0 Å². The molecule has 1 aromatic rings. The molecular weight excluding hydrogens is 270 g/mol. The van der Waals surface area contributed by atoms with Crippen LogP contribution < -0.4 is 16.6 Å². The molecule has 0 radical (unpaired) electrons. The number of hydrazine groups is 1. The van der Waals surface area contributed by atoms with Crippen LogP contribution >= 0.6 is 11.8 Å². The van der Waals surface area contributed by atoms with E-state index in [1.807, 2.05) is 36.9 Å². The summed E-state index contributed by atoms with van der Waals surface area (Å²) in [7, 11) is 0. The van der Waals surface area contributed by atoms with E-state index in [9.17, 15) is 4.79 Å². The first-order valence-electron chi connectivity index (χ1n) is 7.06. The predicted molar refractivity (Wildman–Crippen MR) is 86.0 cm³/mol. The molecule has 1 aromatic carbocycles. The number of rotatable bonds is 4. The molecule has 0 aliphatic heterocycles. The van der Waals surface area contributed by atoms with Gasteiger partial charge in [0.05, 0.1) is 11.3 Å². The van der Waals surface area contributed by atoms with Crippen molar-refractivity contribution in [2.75, 3.05) is 11.7 Å². The molecule has 2 atom stereocenters. The van der Waals surface area contributed by atoms with Crippen LogP contribution in [0, 0.1) is 6.92 Å². The fraction of sp³-hybridized carbons (Fsp3) is 0.533. The molecule has 0 spiro atoms. The van der Waals surface area contributed by atoms with Crippen molar-refractivity contribution in [3.63, 3.8) is 0 Å². The average molecular weight is 293 g/mol. The third kappa shape index (κ3) is 3.46. The lowest BCUT2D eigenvalue weighted by molar-refractivity contribution is 0.0930. The number of anilines is 1. The Balaban J connectivity index is 2.13. The van der Waals surface area contributed by atoms with E-state index in [1.165, 1.54) is 19.3 Å². The maximum Gasteiger partial charge on any atom is 0.253 e. The van der Waals surface area contributed by atoms with Gasteiger partial charge in [0.15, 0.2) is 0 Å². The fourth-order valence-corrected chi connectivity index (χ4v) is 3.70. The molecule has 0 saturated heterocycles. The summed E-state index contributed by atoms with van der Waals surface area (Å²) in [6.07, 6.45) is 6.82. The van der Waals surface area contributed by atoms with Gasteiger partial charge in [-0.3, -0.25) is 10.6 Å². The lowest BCUT2D eigenvalue weighted by Crippen LogP contribution is -2.43. The Morgan fingerprint density at radius 1 is 1.35 bits per heavy atom. The van der Waals surface area contributed by atoms with E-state index in [0.717, 1.165) is 12.0 Å². The minimum Gasteiger partial charge on any atom is -0.348 e. The highest BCUT2D eigenvalue weighted by Crippen LogP contribution is 2.27. The molecule has 4 nitrogen and oxygen atoms in total. The van der Waals surface area contributed by atoms with Crippen molar-refractivity contribution in [1.29, 1.82) is 0 Å². The van der Waals surface area contributed by atoms with Gasteiger partial charge >= 0.3 is 0 Å². The molecule has 1 fully saturated rings. The second-order valence-electron chi connectivity index (χ2n) is 5.33. The van der Waals surface area contributed by atoms with Crippen molar-refractivity contribution in [2.45, 2.75) is 43.9 Å². The zero-order chi connectivity index (χ0) is 14.5. The van der Waals surface area contributed by atoms with E-state index in [4.69, 9.17) is 5.84 Å². The summed E-state index contributed by atoms with van der Waals surface area (Å²) >= 11 is 1.85. The summed E-state index contributed by atoms with van der Waals surface area (Å²) in [6, 6.07) is 5.92.